The van der Waals surface area contributed by atoms with Crippen LogP contribution in [0.3, 0.4) is 0 Å². The Balaban J connectivity index is 1.90. The second-order valence-electron chi connectivity index (χ2n) is 7.82. The number of hydrogen-bond donors (Lipinski definition) is 1. The number of halogens is 1. The van der Waals surface area contributed by atoms with Crippen molar-refractivity contribution in [1.82, 2.24) is 10.2 Å². The third kappa shape index (κ3) is 6.91. The molecule has 3 rings (SSSR count). The lowest BCUT2D eigenvalue weighted by Gasteiger charge is -2.31. The van der Waals surface area contributed by atoms with Gasteiger partial charge in [-0.2, -0.15) is 0 Å². The lowest BCUT2D eigenvalue weighted by atomic mass is 10.0. The van der Waals surface area contributed by atoms with E-state index < -0.39 is 17.8 Å². The van der Waals surface area contributed by atoms with E-state index >= 15 is 0 Å². The van der Waals surface area contributed by atoms with Crippen molar-refractivity contribution in [2.75, 3.05) is 13.2 Å². The van der Waals surface area contributed by atoms with Gasteiger partial charge in [-0.25, -0.2) is 4.39 Å². The number of ether oxygens (including phenoxy) is 1. The number of carbonyl (C=O) groups excluding carboxylic acids is 2. The van der Waals surface area contributed by atoms with E-state index in [1.807, 2.05) is 62.4 Å². The van der Waals surface area contributed by atoms with Gasteiger partial charge in [-0.1, -0.05) is 60.7 Å². The predicted molar refractivity (Wildman–Crippen MR) is 126 cm³/mol. The zero-order chi connectivity index (χ0) is 23.6. The molecule has 2 amide bonds. The number of aryl methyl sites for hydroxylation is 1. The van der Waals surface area contributed by atoms with Crippen molar-refractivity contribution in [1.29, 1.82) is 0 Å². The van der Waals surface area contributed by atoms with Crippen LogP contribution in [-0.4, -0.2) is 35.9 Å². The number of carbonyl (C=O) groups is 2. The van der Waals surface area contributed by atoms with E-state index in [1.165, 1.54) is 11.0 Å². The van der Waals surface area contributed by atoms with Crippen LogP contribution < -0.4 is 10.1 Å². The summed E-state index contributed by atoms with van der Waals surface area (Å²) in [5.74, 6) is -0.551. The number of nitrogens with one attached hydrogen (secondary N) is 1. The number of amides is 2. The molecule has 0 heterocycles. The average molecular weight is 449 g/mol. The van der Waals surface area contributed by atoms with E-state index in [2.05, 4.69) is 5.32 Å². The number of benzene rings is 3. The van der Waals surface area contributed by atoms with Gasteiger partial charge in [0.2, 0.25) is 5.91 Å². The summed E-state index contributed by atoms with van der Waals surface area (Å²) in [6.45, 7) is 3.87. The van der Waals surface area contributed by atoms with Crippen molar-refractivity contribution in [3.05, 3.63) is 101 Å². The molecule has 0 aromatic heterocycles. The largest absolute Gasteiger partial charge is 0.484 e. The molecule has 5 nitrogen and oxygen atoms in total. The number of rotatable bonds is 10. The standard InChI is InChI=1S/C27H29FN2O3/c1-3-29-27(32)25(17-21-11-5-4-6-12-21)30(18-22-13-7-8-15-24(22)28)26(31)19-33-23-14-9-10-20(2)16-23/h4-16,25H,3,17-19H2,1-2H3,(H,29,32)/t25-/m1/s1. The van der Waals surface area contributed by atoms with Gasteiger partial charge >= 0.3 is 0 Å². The van der Waals surface area contributed by atoms with Crippen LogP contribution in [0.2, 0.25) is 0 Å². The highest BCUT2D eigenvalue weighted by Gasteiger charge is 2.31. The van der Waals surface area contributed by atoms with Crippen molar-refractivity contribution < 1.29 is 18.7 Å². The van der Waals surface area contributed by atoms with Crippen molar-refractivity contribution >= 4 is 11.8 Å². The summed E-state index contributed by atoms with van der Waals surface area (Å²) >= 11 is 0. The van der Waals surface area contributed by atoms with E-state index in [4.69, 9.17) is 4.74 Å². The van der Waals surface area contributed by atoms with Crippen LogP contribution in [-0.2, 0) is 22.6 Å². The summed E-state index contributed by atoms with van der Waals surface area (Å²) in [6.07, 6.45) is 0.303. The van der Waals surface area contributed by atoms with E-state index in [0.717, 1.165) is 11.1 Å². The smallest absolute Gasteiger partial charge is 0.261 e. The fourth-order valence-corrected chi connectivity index (χ4v) is 3.59. The second-order valence-corrected chi connectivity index (χ2v) is 7.82. The third-order valence-corrected chi connectivity index (χ3v) is 5.27. The second kappa shape index (κ2) is 11.8. The summed E-state index contributed by atoms with van der Waals surface area (Å²) in [5.41, 5.74) is 2.25. The maximum atomic E-state index is 14.5. The SMILES string of the molecule is CCNC(=O)[C@@H](Cc1ccccc1)N(Cc1ccccc1F)C(=O)COc1cccc(C)c1. The number of hydrogen-bond acceptors (Lipinski definition) is 3. The molecule has 0 aliphatic heterocycles. The summed E-state index contributed by atoms with van der Waals surface area (Å²) in [7, 11) is 0. The van der Waals surface area contributed by atoms with Crippen LogP contribution in [0, 0.1) is 12.7 Å². The highest BCUT2D eigenvalue weighted by atomic mass is 19.1. The highest BCUT2D eigenvalue weighted by Crippen LogP contribution is 2.18. The van der Waals surface area contributed by atoms with Crippen LogP contribution >= 0.6 is 0 Å². The molecular formula is C27H29FN2O3. The average Bonchev–Trinajstić information content (AvgIpc) is 2.82. The molecule has 1 atom stereocenters. The zero-order valence-corrected chi connectivity index (χ0v) is 19.0. The maximum Gasteiger partial charge on any atom is 0.261 e. The van der Waals surface area contributed by atoms with Crippen molar-refractivity contribution in [3.8, 4) is 5.75 Å². The lowest BCUT2D eigenvalue weighted by molar-refractivity contribution is -0.142. The van der Waals surface area contributed by atoms with Crippen LogP contribution in [0.5, 0.6) is 5.75 Å². The van der Waals surface area contributed by atoms with Crippen LogP contribution in [0.1, 0.15) is 23.6 Å². The van der Waals surface area contributed by atoms with Crippen LogP contribution in [0.15, 0.2) is 78.9 Å². The van der Waals surface area contributed by atoms with Gasteiger partial charge in [0.1, 0.15) is 17.6 Å². The van der Waals surface area contributed by atoms with Gasteiger partial charge in [-0.3, -0.25) is 9.59 Å². The Morgan fingerprint density at radius 1 is 1.00 bits per heavy atom. The van der Waals surface area contributed by atoms with Gasteiger partial charge < -0.3 is 15.0 Å². The molecule has 3 aromatic rings. The van der Waals surface area contributed by atoms with Gasteiger partial charge in [0, 0.05) is 25.1 Å². The lowest BCUT2D eigenvalue weighted by Crippen LogP contribution is -2.51. The normalized spacial score (nSPS) is 11.5. The molecule has 3 aromatic carbocycles. The predicted octanol–water partition coefficient (Wildman–Crippen LogP) is 4.29. The molecule has 0 bridgehead atoms. The Labute approximate surface area is 194 Å². The molecule has 0 aliphatic carbocycles. The minimum Gasteiger partial charge on any atom is -0.484 e. The van der Waals surface area contributed by atoms with Gasteiger partial charge in [0.25, 0.3) is 5.91 Å². The first kappa shape index (κ1) is 24.0. The summed E-state index contributed by atoms with van der Waals surface area (Å²) < 4.78 is 20.2. The Bertz CT molecular complexity index is 1070. The first-order chi connectivity index (χ1) is 16.0. The third-order valence-electron chi connectivity index (χ3n) is 5.27. The zero-order valence-electron chi connectivity index (χ0n) is 19.0. The fourth-order valence-electron chi connectivity index (χ4n) is 3.59. The van der Waals surface area contributed by atoms with Gasteiger partial charge in [-0.05, 0) is 43.2 Å². The van der Waals surface area contributed by atoms with Crippen molar-refractivity contribution in [2.45, 2.75) is 32.9 Å². The van der Waals surface area contributed by atoms with E-state index in [9.17, 15) is 14.0 Å². The van der Waals surface area contributed by atoms with Crippen molar-refractivity contribution in [2.24, 2.45) is 0 Å². The summed E-state index contributed by atoms with van der Waals surface area (Å²) in [6, 6.07) is 22.3. The molecule has 6 heteroatoms. The Kier molecular flexibility index (Phi) is 8.58. The molecule has 0 radical (unpaired) electrons. The van der Waals surface area contributed by atoms with E-state index in [-0.39, 0.29) is 19.1 Å². The highest BCUT2D eigenvalue weighted by molar-refractivity contribution is 5.88. The van der Waals surface area contributed by atoms with Crippen LogP contribution in [0.4, 0.5) is 4.39 Å². The minimum absolute atomic E-state index is 0.0443. The molecule has 0 spiro atoms. The maximum absolute atomic E-state index is 14.5. The molecule has 0 saturated carbocycles. The van der Waals surface area contributed by atoms with Gasteiger partial charge in [-0.15, -0.1) is 0 Å². The first-order valence-electron chi connectivity index (χ1n) is 11.0. The Morgan fingerprint density at radius 2 is 1.73 bits per heavy atom. The van der Waals surface area contributed by atoms with E-state index in [0.29, 0.717) is 24.3 Å². The molecule has 33 heavy (non-hydrogen) atoms. The number of nitrogens with zero attached hydrogens (tertiary/aromatic N) is 1. The Hall–Kier alpha value is -3.67. The summed E-state index contributed by atoms with van der Waals surface area (Å²) in [5, 5.41) is 2.82. The topological polar surface area (TPSA) is 58.6 Å². The monoisotopic (exact) mass is 448 g/mol. The molecule has 172 valence electrons. The molecule has 0 aliphatic rings. The van der Waals surface area contributed by atoms with E-state index in [1.54, 1.807) is 24.3 Å². The van der Waals surface area contributed by atoms with Crippen molar-refractivity contribution in [3.63, 3.8) is 0 Å². The molecule has 0 unspecified atom stereocenters. The molecular weight excluding hydrogens is 419 g/mol. The number of likely N-dealkylation sites (N-methyl/N-ethyl adjacent to an activating group) is 1. The first-order valence-corrected chi connectivity index (χ1v) is 11.0. The minimum atomic E-state index is -0.819. The van der Waals surface area contributed by atoms with Crippen LogP contribution in [0.25, 0.3) is 0 Å². The molecule has 1 N–H and O–H groups in total. The molecule has 0 fully saturated rings. The fraction of sp³-hybridized carbons (Fsp3) is 0.259. The Morgan fingerprint density at radius 3 is 2.42 bits per heavy atom. The molecule has 0 saturated heterocycles. The van der Waals surface area contributed by atoms with Gasteiger partial charge in [0.15, 0.2) is 6.61 Å². The summed E-state index contributed by atoms with van der Waals surface area (Å²) in [4.78, 5) is 27.8. The quantitative estimate of drug-likeness (QED) is 0.503. The van der Waals surface area contributed by atoms with Gasteiger partial charge in [0.05, 0.1) is 0 Å².